The molecule has 1 aliphatic carbocycles. The summed E-state index contributed by atoms with van der Waals surface area (Å²) in [6, 6.07) is 8.48. The number of esters is 1. The van der Waals surface area contributed by atoms with Crippen LogP contribution in [0.5, 0.6) is 0 Å². The Morgan fingerprint density at radius 1 is 1.21 bits per heavy atom. The molecule has 4 nitrogen and oxygen atoms in total. The highest BCUT2D eigenvalue weighted by Gasteiger charge is 2.22. The number of nitrogens with two attached hydrogens (primary N) is 1. The zero-order valence-corrected chi connectivity index (χ0v) is 11.6. The van der Waals surface area contributed by atoms with Gasteiger partial charge in [-0.2, -0.15) is 0 Å². The van der Waals surface area contributed by atoms with Gasteiger partial charge in [0.15, 0.2) is 0 Å². The van der Waals surface area contributed by atoms with Crippen LogP contribution in [0.15, 0.2) is 24.3 Å². The van der Waals surface area contributed by atoms with Crippen LogP contribution in [0.25, 0.3) is 0 Å². The molecule has 1 aromatic carbocycles. The summed E-state index contributed by atoms with van der Waals surface area (Å²) in [6.45, 7) is 0. The highest BCUT2D eigenvalue weighted by Crippen LogP contribution is 2.25. The Balaban J connectivity index is 2.03. The second-order valence-electron chi connectivity index (χ2n) is 5.22. The molecule has 0 heterocycles. The number of hydrogen-bond acceptors (Lipinski definition) is 4. The zero-order chi connectivity index (χ0) is 13.8. The minimum Gasteiger partial charge on any atom is -0.465 e. The van der Waals surface area contributed by atoms with E-state index in [2.05, 4.69) is 11.9 Å². The topological polar surface area (TPSA) is 55.6 Å². The van der Waals surface area contributed by atoms with Gasteiger partial charge in [-0.25, -0.2) is 4.79 Å². The Bertz CT molecular complexity index is 422. The quantitative estimate of drug-likeness (QED) is 0.848. The first kappa shape index (κ1) is 13.9. The summed E-state index contributed by atoms with van der Waals surface area (Å²) in [4.78, 5) is 13.7. The Morgan fingerprint density at radius 3 is 2.32 bits per heavy atom. The van der Waals surface area contributed by atoms with Gasteiger partial charge in [-0.3, -0.25) is 0 Å². The SMILES string of the molecule is COC(=O)c1ccc(N(C)C2CCC(N)CC2)cc1. The minimum atomic E-state index is -0.294. The number of benzene rings is 1. The fraction of sp³-hybridized carbons (Fsp3) is 0.533. The van der Waals surface area contributed by atoms with Gasteiger partial charge in [0, 0.05) is 24.8 Å². The zero-order valence-electron chi connectivity index (χ0n) is 11.6. The number of nitrogens with zero attached hydrogens (tertiary/aromatic N) is 1. The normalized spacial score (nSPS) is 22.9. The summed E-state index contributed by atoms with van der Waals surface area (Å²) in [5.74, 6) is -0.294. The Labute approximate surface area is 114 Å². The molecule has 0 amide bonds. The van der Waals surface area contributed by atoms with E-state index in [9.17, 15) is 4.79 Å². The largest absolute Gasteiger partial charge is 0.465 e. The van der Waals surface area contributed by atoms with Crippen LogP contribution in [0, 0.1) is 0 Å². The third kappa shape index (κ3) is 3.26. The molecule has 4 heteroatoms. The predicted octanol–water partition coefficient (Wildman–Crippen LogP) is 2.18. The Hall–Kier alpha value is -1.55. The van der Waals surface area contributed by atoms with Crippen molar-refractivity contribution in [3.8, 4) is 0 Å². The van der Waals surface area contributed by atoms with Crippen molar-refractivity contribution < 1.29 is 9.53 Å². The number of hydrogen-bond donors (Lipinski definition) is 1. The molecular formula is C15H22N2O2. The third-order valence-electron chi connectivity index (χ3n) is 3.98. The fourth-order valence-corrected chi connectivity index (χ4v) is 2.65. The molecule has 2 N–H and O–H groups in total. The molecule has 0 aliphatic heterocycles. The van der Waals surface area contributed by atoms with Crippen LogP contribution in [0.3, 0.4) is 0 Å². The van der Waals surface area contributed by atoms with Crippen molar-refractivity contribution in [2.45, 2.75) is 37.8 Å². The lowest BCUT2D eigenvalue weighted by Crippen LogP contribution is -2.38. The molecule has 2 rings (SSSR count). The maximum Gasteiger partial charge on any atom is 0.337 e. The van der Waals surface area contributed by atoms with Gasteiger partial charge < -0.3 is 15.4 Å². The molecule has 1 fully saturated rings. The first-order chi connectivity index (χ1) is 9.11. The first-order valence-corrected chi connectivity index (χ1v) is 6.78. The molecule has 1 saturated carbocycles. The van der Waals surface area contributed by atoms with E-state index in [-0.39, 0.29) is 5.97 Å². The van der Waals surface area contributed by atoms with Crippen LogP contribution in [0.2, 0.25) is 0 Å². The van der Waals surface area contributed by atoms with Gasteiger partial charge >= 0.3 is 5.97 Å². The highest BCUT2D eigenvalue weighted by molar-refractivity contribution is 5.89. The number of carbonyl (C=O) groups excluding carboxylic acids is 1. The van der Waals surface area contributed by atoms with Crippen LogP contribution in [-0.2, 0) is 4.74 Å². The molecule has 104 valence electrons. The van der Waals surface area contributed by atoms with Gasteiger partial charge in [0.25, 0.3) is 0 Å². The molecule has 0 atom stereocenters. The standard InChI is InChI=1S/C15H22N2O2/c1-17(14-9-5-12(16)6-10-14)13-7-3-11(4-8-13)15(18)19-2/h3-4,7-8,12,14H,5-6,9-10,16H2,1-2H3. The summed E-state index contributed by atoms with van der Waals surface area (Å²) in [5.41, 5.74) is 7.66. The summed E-state index contributed by atoms with van der Waals surface area (Å²) in [5, 5.41) is 0. The first-order valence-electron chi connectivity index (χ1n) is 6.78. The molecule has 1 aliphatic rings. The van der Waals surface area contributed by atoms with Crippen molar-refractivity contribution in [2.24, 2.45) is 5.73 Å². The van der Waals surface area contributed by atoms with Crippen LogP contribution >= 0.6 is 0 Å². The average Bonchev–Trinajstić information content (AvgIpc) is 2.46. The highest BCUT2D eigenvalue weighted by atomic mass is 16.5. The molecule has 0 bridgehead atoms. The van der Waals surface area contributed by atoms with Crippen LogP contribution in [-0.4, -0.2) is 32.2 Å². The molecule has 0 radical (unpaired) electrons. The second kappa shape index (κ2) is 6.06. The van der Waals surface area contributed by atoms with Crippen LogP contribution in [0.4, 0.5) is 5.69 Å². The predicted molar refractivity (Wildman–Crippen MR) is 76.4 cm³/mol. The van der Waals surface area contributed by atoms with E-state index in [1.165, 1.54) is 7.11 Å². The maximum absolute atomic E-state index is 11.4. The fourth-order valence-electron chi connectivity index (χ4n) is 2.65. The lowest BCUT2D eigenvalue weighted by Gasteiger charge is -2.35. The molecule has 0 unspecified atom stereocenters. The minimum absolute atomic E-state index is 0.294. The monoisotopic (exact) mass is 262 g/mol. The van der Waals surface area contributed by atoms with Crippen molar-refractivity contribution in [3.63, 3.8) is 0 Å². The van der Waals surface area contributed by atoms with E-state index in [0.717, 1.165) is 31.4 Å². The summed E-state index contributed by atoms with van der Waals surface area (Å²) >= 11 is 0. The Morgan fingerprint density at radius 2 is 1.79 bits per heavy atom. The van der Waals surface area contributed by atoms with Gasteiger partial charge in [-0.15, -0.1) is 0 Å². The summed E-state index contributed by atoms with van der Waals surface area (Å²) in [7, 11) is 3.50. The summed E-state index contributed by atoms with van der Waals surface area (Å²) < 4.78 is 4.70. The maximum atomic E-state index is 11.4. The lowest BCUT2D eigenvalue weighted by molar-refractivity contribution is 0.0601. The van der Waals surface area contributed by atoms with Crippen molar-refractivity contribution in [3.05, 3.63) is 29.8 Å². The number of rotatable bonds is 3. The molecule has 1 aromatic rings. The van der Waals surface area contributed by atoms with Gasteiger partial charge in [0.2, 0.25) is 0 Å². The van der Waals surface area contributed by atoms with E-state index in [0.29, 0.717) is 17.6 Å². The van der Waals surface area contributed by atoms with Gasteiger partial charge in [0.05, 0.1) is 12.7 Å². The number of anilines is 1. The van der Waals surface area contributed by atoms with E-state index in [1.54, 1.807) is 0 Å². The number of ether oxygens (including phenoxy) is 1. The molecular weight excluding hydrogens is 240 g/mol. The van der Waals surface area contributed by atoms with Gasteiger partial charge in [-0.1, -0.05) is 0 Å². The molecule has 19 heavy (non-hydrogen) atoms. The lowest BCUT2D eigenvalue weighted by atomic mass is 9.91. The smallest absolute Gasteiger partial charge is 0.337 e. The molecule has 0 aromatic heterocycles. The Kier molecular flexibility index (Phi) is 4.43. The van der Waals surface area contributed by atoms with Crippen molar-refractivity contribution in [1.82, 2.24) is 0 Å². The van der Waals surface area contributed by atoms with E-state index in [1.807, 2.05) is 24.3 Å². The average molecular weight is 262 g/mol. The van der Waals surface area contributed by atoms with E-state index < -0.39 is 0 Å². The van der Waals surface area contributed by atoms with Crippen LogP contribution in [0.1, 0.15) is 36.0 Å². The number of methoxy groups -OCH3 is 1. The van der Waals surface area contributed by atoms with E-state index in [4.69, 9.17) is 10.5 Å². The van der Waals surface area contributed by atoms with Gasteiger partial charge in [0.1, 0.15) is 0 Å². The molecule has 0 spiro atoms. The molecule has 0 saturated heterocycles. The second-order valence-corrected chi connectivity index (χ2v) is 5.22. The van der Waals surface area contributed by atoms with Gasteiger partial charge in [-0.05, 0) is 49.9 Å². The summed E-state index contributed by atoms with van der Waals surface area (Å²) in [6.07, 6.45) is 4.46. The van der Waals surface area contributed by atoms with E-state index >= 15 is 0 Å². The van der Waals surface area contributed by atoms with Crippen LogP contribution < -0.4 is 10.6 Å². The third-order valence-corrected chi connectivity index (χ3v) is 3.98. The van der Waals surface area contributed by atoms with Crippen molar-refractivity contribution >= 4 is 11.7 Å². The number of carbonyl (C=O) groups is 1. The van der Waals surface area contributed by atoms with Crippen molar-refractivity contribution in [2.75, 3.05) is 19.1 Å². The van der Waals surface area contributed by atoms with Crippen molar-refractivity contribution in [1.29, 1.82) is 0 Å².